The quantitative estimate of drug-likeness (QED) is 0.821. The summed E-state index contributed by atoms with van der Waals surface area (Å²) in [5.74, 6) is 0.365. The van der Waals surface area contributed by atoms with E-state index in [1.165, 1.54) is 12.3 Å². The highest BCUT2D eigenvalue weighted by atomic mass is 35.5. The van der Waals surface area contributed by atoms with E-state index in [1.54, 1.807) is 0 Å². The largest absolute Gasteiger partial charge is 0.354 e. The third-order valence-corrected chi connectivity index (χ3v) is 3.27. The Morgan fingerprint density at radius 1 is 1.62 bits per heavy atom. The van der Waals surface area contributed by atoms with Crippen molar-refractivity contribution < 1.29 is 4.39 Å². The second-order valence-corrected chi connectivity index (χ2v) is 4.77. The van der Waals surface area contributed by atoms with Crippen LogP contribution in [-0.4, -0.2) is 24.1 Å². The van der Waals surface area contributed by atoms with Gasteiger partial charge in [0.2, 0.25) is 0 Å². The van der Waals surface area contributed by atoms with E-state index >= 15 is 0 Å². The van der Waals surface area contributed by atoms with Crippen LogP contribution in [0.3, 0.4) is 0 Å². The van der Waals surface area contributed by atoms with Crippen molar-refractivity contribution in [1.82, 2.24) is 4.98 Å². The lowest BCUT2D eigenvalue weighted by Crippen LogP contribution is -2.46. The van der Waals surface area contributed by atoms with E-state index in [0.29, 0.717) is 16.8 Å². The van der Waals surface area contributed by atoms with Crippen LogP contribution in [0.2, 0.25) is 5.02 Å². The molecule has 1 aliphatic heterocycles. The Kier molecular flexibility index (Phi) is 3.30. The van der Waals surface area contributed by atoms with Crippen LogP contribution in [-0.2, 0) is 0 Å². The predicted octanol–water partition coefficient (Wildman–Crippen LogP) is 2.05. The average Bonchev–Trinajstić information content (AvgIpc) is 2.22. The Hall–Kier alpha value is -0.870. The molecule has 2 N–H and O–H groups in total. The van der Waals surface area contributed by atoms with Crippen LogP contribution in [0.4, 0.5) is 10.2 Å². The fourth-order valence-electron chi connectivity index (χ4n) is 2.00. The highest BCUT2D eigenvalue weighted by Crippen LogP contribution is 2.24. The van der Waals surface area contributed by atoms with Crippen molar-refractivity contribution in [3.63, 3.8) is 0 Å². The lowest BCUT2D eigenvalue weighted by Gasteiger charge is -2.35. The molecule has 0 spiro atoms. The van der Waals surface area contributed by atoms with E-state index in [1.807, 2.05) is 4.90 Å². The van der Waals surface area contributed by atoms with E-state index in [-0.39, 0.29) is 11.9 Å². The van der Waals surface area contributed by atoms with Crippen molar-refractivity contribution in [2.75, 3.05) is 18.0 Å². The van der Waals surface area contributed by atoms with Crippen LogP contribution in [0.5, 0.6) is 0 Å². The Bertz CT molecular complexity index is 385. The Labute approximate surface area is 99.4 Å². The topological polar surface area (TPSA) is 42.2 Å². The molecule has 1 aromatic rings. The molecule has 0 radical (unpaired) electrons. The first-order chi connectivity index (χ1) is 7.58. The first-order valence-corrected chi connectivity index (χ1v) is 5.77. The van der Waals surface area contributed by atoms with E-state index in [4.69, 9.17) is 17.3 Å². The number of nitrogens with zero attached hydrogens (tertiary/aromatic N) is 2. The standard InChI is InChI=1S/C11H15ClFN3/c1-7-6-16(3-2-10(7)14)11-9(13)4-8(12)5-15-11/h4-5,7,10H,2-3,6,14H2,1H3. The Balaban J connectivity index is 2.18. The van der Waals surface area contributed by atoms with Crippen molar-refractivity contribution in [1.29, 1.82) is 0 Å². The second-order valence-electron chi connectivity index (χ2n) is 4.33. The van der Waals surface area contributed by atoms with Crippen LogP contribution in [0, 0.1) is 11.7 Å². The van der Waals surface area contributed by atoms with Crippen LogP contribution < -0.4 is 10.6 Å². The summed E-state index contributed by atoms with van der Waals surface area (Å²) in [5.41, 5.74) is 5.92. The third kappa shape index (κ3) is 2.28. The Morgan fingerprint density at radius 3 is 3.00 bits per heavy atom. The van der Waals surface area contributed by atoms with Gasteiger partial charge in [0.25, 0.3) is 0 Å². The maximum absolute atomic E-state index is 13.6. The van der Waals surface area contributed by atoms with Crippen molar-refractivity contribution >= 4 is 17.4 Å². The normalized spacial score (nSPS) is 25.9. The summed E-state index contributed by atoms with van der Waals surface area (Å²) in [6, 6.07) is 1.50. The van der Waals surface area contributed by atoms with E-state index < -0.39 is 0 Å². The van der Waals surface area contributed by atoms with E-state index in [9.17, 15) is 4.39 Å². The first-order valence-electron chi connectivity index (χ1n) is 5.39. The molecule has 0 saturated carbocycles. The molecule has 5 heteroatoms. The minimum atomic E-state index is -0.366. The number of halogens is 2. The van der Waals surface area contributed by atoms with Crippen molar-refractivity contribution in [2.45, 2.75) is 19.4 Å². The van der Waals surface area contributed by atoms with Gasteiger partial charge in [-0.1, -0.05) is 18.5 Å². The van der Waals surface area contributed by atoms with Gasteiger partial charge >= 0.3 is 0 Å². The number of rotatable bonds is 1. The summed E-state index contributed by atoms with van der Waals surface area (Å²) in [5, 5.41) is 0.322. The molecule has 2 rings (SSSR count). The molecular formula is C11H15ClFN3. The molecule has 1 aromatic heterocycles. The molecule has 0 aliphatic carbocycles. The lowest BCUT2D eigenvalue weighted by atomic mass is 9.95. The zero-order chi connectivity index (χ0) is 11.7. The van der Waals surface area contributed by atoms with E-state index in [2.05, 4.69) is 11.9 Å². The maximum Gasteiger partial charge on any atom is 0.167 e. The molecule has 3 nitrogen and oxygen atoms in total. The van der Waals surface area contributed by atoms with Gasteiger partial charge in [0.15, 0.2) is 11.6 Å². The summed E-state index contributed by atoms with van der Waals surface area (Å²) in [6.45, 7) is 3.56. The lowest BCUT2D eigenvalue weighted by molar-refractivity contribution is 0.378. The summed E-state index contributed by atoms with van der Waals surface area (Å²) in [7, 11) is 0. The zero-order valence-electron chi connectivity index (χ0n) is 9.16. The second kappa shape index (κ2) is 4.55. The van der Waals surface area contributed by atoms with Crippen LogP contribution in [0.15, 0.2) is 12.3 Å². The number of hydrogen-bond acceptors (Lipinski definition) is 3. The molecule has 1 saturated heterocycles. The van der Waals surface area contributed by atoms with Gasteiger partial charge in [0.1, 0.15) is 0 Å². The number of hydrogen-bond donors (Lipinski definition) is 1. The summed E-state index contributed by atoms with van der Waals surface area (Å²) >= 11 is 5.67. The average molecular weight is 244 g/mol. The van der Waals surface area contributed by atoms with Crippen LogP contribution in [0.25, 0.3) is 0 Å². The van der Waals surface area contributed by atoms with Gasteiger partial charge in [0, 0.05) is 25.3 Å². The minimum absolute atomic E-state index is 0.201. The van der Waals surface area contributed by atoms with Gasteiger partial charge in [-0.3, -0.25) is 0 Å². The Morgan fingerprint density at radius 2 is 2.38 bits per heavy atom. The molecular weight excluding hydrogens is 229 g/mol. The number of piperidine rings is 1. The highest BCUT2D eigenvalue weighted by molar-refractivity contribution is 6.30. The molecule has 88 valence electrons. The van der Waals surface area contributed by atoms with Gasteiger partial charge in [0.05, 0.1) is 5.02 Å². The van der Waals surface area contributed by atoms with Gasteiger partial charge in [-0.05, 0) is 18.4 Å². The molecule has 0 amide bonds. The van der Waals surface area contributed by atoms with Crippen LogP contribution >= 0.6 is 11.6 Å². The predicted molar refractivity (Wildman–Crippen MR) is 63.2 cm³/mol. The van der Waals surface area contributed by atoms with Crippen molar-refractivity contribution in [3.05, 3.63) is 23.1 Å². The number of aromatic nitrogens is 1. The van der Waals surface area contributed by atoms with Gasteiger partial charge in [-0.15, -0.1) is 0 Å². The van der Waals surface area contributed by atoms with Crippen molar-refractivity contribution in [2.24, 2.45) is 11.7 Å². The van der Waals surface area contributed by atoms with E-state index in [0.717, 1.165) is 19.5 Å². The monoisotopic (exact) mass is 243 g/mol. The third-order valence-electron chi connectivity index (χ3n) is 3.06. The zero-order valence-corrected chi connectivity index (χ0v) is 9.91. The van der Waals surface area contributed by atoms with Crippen LogP contribution in [0.1, 0.15) is 13.3 Å². The number of anilines is 1. The first kappa shape index (κ1) is 11.6. The van der Waals surface area contributed by atoms with Gasteiger partial charge < -0.3 is 10.6 Å². The summed E-state index contributed by atoms with van der Waals surface area (Å²) < 4.78 is 13.6. The minimum Gasteiger partial charge on any atom is -0.354 e. The molecule has 2 unspecified atom stereocenters. The number of nitrogens with two attached hydrogens (primary N) is 1. The highest BCUT2D eigenvalue weighted by Gasteiger charge is 2.25. The van der Waals surface area contributed by atoms with Crippen molar-refractivity contribution in [3.8, 4) is 0 Å². The van der Waals surface area contributed by atoms with Gasteiger partial charge in [-0.25, -0.2) is 9.37 Å². The summed E-state index contributed by atoms with van der Waals surface area (Å²) in [6.07, 6.45) is 2.34. The SMILES string of the molecule is CC1CN(c2ncc(Cl)cc2F)CCC1N. The molecule has 16 heavy (non-hydrogen) atoms. The number of pyridine rings is 1. The van der Waals surface area contributed by atoms with Gasteiger partial charge in [-0.2, -0.15) is 0 Å². The fraction of sp³-hybridized carbons (Fsp3) is 0.545. The molecule has 1 aliphatic rings. The molecule has 2 atom stereocenters. The molecule has 0 aromatic carbocycles. The molecule has 1 fully saturated rings. The fourth-order valence-corrected chi connectivity index (χ4v) is 2.14. The molecule has 2 heterocycles. The smallest absolute Gasteiger partial charge is 0.167 e. The summed E-state index contributed by atoms with van der Waals surface area (Å²) in [4.78, 5) is 5.97. The maximum atomic E-state index is 13.6. The molecule has 0 bridgehead atoms.